The average molecular weight is 265 g/mol. The van der Waals surface area contributed by atoms with Crippen molar-refractivity contribution in [2.75, 3.05) is 26.7 Å². The van der Waals surface area contributed by atoms with E-state index in [0.29, 0.717) is 18.2 Å². The van der Waals surface area contributed by atoms with Crippen LogP contribution in [0.15, 0.2) is 0 Å². The zero-order valence-corrected chi connectivity index (χ0v) is 12.6. The summed E-state index contributed by atoms with van der Waals surface area (Å²) in [4.78, 5) is 13.9. The molecule has 0 heterocycles. The molecule has 0 aliphatic rings. The SMILES string of the molecule is CCC(CC)CN(CC)C(=O)CCCNC.Cl. The Balaban J connectivity index is 0. The molecule has 3 nitrogen and oxygen atoms in total. The Morgan fingerprint density at radius 2 is 1.82 bits per heavy atom. The van der Waals surface area contributed by atoms with Crippen LogP contribution in [0.4, 0.5) is 0 Å². The Kier molecular flexibility index (Phi) is 13.7. The number of nitrogens with one attached hydrogen (secondary N) is 1. The fraction of sp³-hybridized carbons (Fsp3) is 0.923. The lowest BCUT2D eigenvalue weighted by molar-refractivity contribution is -0.131. The average Bonchev–Trinajstić information content (AvgIpc) is 2.31. The monoisotopic (exact) mass is 264 g/mol. The summed E-state index contributed by atoms with van der Waals surface area (Å²) < 4.78 is 0. The molecule has 0 atom stereocenters. The van der Waals surface area contributed by atoms with Gasteiger partial charge < -0.3 is 10.2 Å². The van der Waals surface area contributed by atoms with E-state index in [0.717, 1.165) is 38.9 Å². The van der Waals surface area contributed by atoms with Crippen LogP contribution in [0.2, 0.25) is 0 Å². The Labute approximate surface area is 113 Å². The van der Waals surface area contributed by atoms with Crippen LogP contribution in [0.3, 0.4) is 0 Å². The van der Waals surface area contributed by atoms with Crippen molar-refractivity contribution in [3.63, 3.8) is 0 Å². The molecule has 1 amide bonds. The minimum Gasteiger partial charge on any atom is -0.343 e. The fourth-order valence-electron chi connectivity index (χ4n) is 1.84. The minimum atomic E-state index is 0. The smallest absolute Gasteiger partial charge is 0.222 e. The van der Waals surface area contributed by atoms with Gasteiger partial charge in [0.15, 0.2) is 0 Å². The van der Waals surface area contributed by atoms with Gasteiger partial charge in [-0.3, -0.25) is 4.79 Å². The van der Waals surface area contributed by atoms with Gasteiger partial charge in [-0.2, -0.15) is 0 Å². The molecule has 0 aromatic rings. The summed E-state index contributed by atoms with van der Waals surface area (Å²) in [5, 5.41) is 3.07. The Hall–Kier alpha value is -0.280. The predicted octanol–water partition coefficient (Wildman–Crippen LogP) is 2.69. The molecule has 0 saturated carbocycles. The molecular weight excluding hydrogens is 236 g/mol. The molecule has 0 rings (SSSR count). The zero-order valence-electron chi connectivity index (χ0n) is 11.8. The molecule has 0 aliphatic carbocycles. The maximum Gasteiger partial charge on any atom is 0.222 e. The molecule has 1 N–H and O–H groups in total. The lowest BCUT2D eigenvalue weighted by Gasteiger charge is -2.25. The summed E-state index contributed by atoms with van der Waals surface area (Å²) in [5.41, 5.74) is 0. The third kappa shape index (κ3) is 8.44. The van der Waals surface area contributed by atoms with Gasteiger partial charge in [0, 0.05) is 19.5 Å². The highest BCUT2D eigenvalue weighted by Crippen LogP contribution is 2.11. The molecule has 17 heavy (non-hydrogen) atoms. The topological polar surface area (TPSA) is 32.3 Å². The van der Waals surface area contributed by atoms with E-state index in [1.54, 1.807) is 0 Å². The van der Waals surface area contributed by atoms with Crippen LogP contribution in [-0.2, 0) is 4.79 Å². The summed E-state index contributed by atoms with van der Waals surface area (Å²) in [6.45, 7) is 9.17. The van der Waals surface area contributed by atoms with Crippen LogP contribution in [0.25, 0.3) is 0 Å². The van der Waals surface area contributed by atoms with Crippen molar-refractivity contribution in [1.29, 1.82) is 0 Å². The first-order chi connectivity index (χ1) is 7.69. The van der Waals surface area contributed by atoms with Crippen LogP contribution < -0.4 is 5.32 Å². The molecule has 0 saturated heterocycles. The molecule has 0 spiro atoms. The zero-order chi connectivity index (χ0) is 12.4. The third-order valence-corrected chi connectivity index (χ3v) is 3.19. The van der Waals surface area contributed by atoms with Gasteiger partial charge in [0.05, 0.1) is 0 Å². The number of halogens is 1. The van der Waals surface area contributed by atoms with Gasteiger partial charge in [-0.25, -0.2) is 0 Å². The number of hydrogen-bond acceptors (Lipinski definition) is 2. The number of carbonyl (C=O) groups is 1. The van der Waals surface area contributed by atoms with Crippen molar-refractivity contribution < 1.29 is 4.79 Å². The fourth-order valence-corrected chi connectivity index (χ4v) is 1.84. The maximum atomic E-state index is 11.9. The molecule has 0 radical (unpaired) electrons. The van der Waals surface area contributed by atoms with Crippen LogP contribution in [-0.4, -0.2) is 37.5 Å². The number of carbonyl (C=O) groups excluding carboxylic acids is 1. The lowest BCUT2D eigenvalue weighted by atomic mass is 10.0. The van der Waals surface area contributed by atoms with Crippen LogP contribution in [0.5, 0.6) is 0 Å². The molecular formula is C13H29ClN2O. The minimum absolute atomic E-state index is 0. The number of amides is 1. The van der Waals surface area contributed by atoms with Gasteiger partial charge in [0.2, 0.25) is 5.91 Å². The van der Waals surface area contributed by atoms with Gasteiger partial charge in [-0.15, -0.1) is 12.4 Å². The standard InChI is InChI=1S/C13H28N2O.ClH/c1-5-12(6-2)11-15(7-3)13(16)9-8-10-14-4;/h12,14H,5-11H2,1-4H3;1H. The van der Waals surface area contributed by atoms with E-state index in [1.807, 2.05) is 11.9 Å². The molecule has 104 valence electrons. The van der Waals surface area contributed by atoms with E-state index in [1.165, 1.54) is 0 Å². The van der Waals surface area contributed by atoms with E-state index >= 15 is 0 Å². The summed E-state index contributed by atoms with van der Waals surface area (Å²) in [5.74, 6) is 0.970. The van der Waals surface area contributed by atoms with E-state index in [9.17, 15) is 4.79 Å². The first-order valence-electron chi connectivity index (χ1n) is 6.61. The van der Waals surface area contributed by atoms with E-state index in [-0.39, 0.29) is 12.4 Å². The molecule has 0 unspecified atom stereocenters. The largest absolute Gasteiger partial charge is 0.343 e. The van der Waals surface area contributed by atoms with Crippen molar-refractivity contribution in [2.24, 2.45) is 5.92 Å². The number of hydrogen-bond donors (Lipinski definition) is 1. The third-order valence-electron chi connectivity index (χ3n) is 3.19. The van der Waals surface area contributed by atoms with Gasteiger partial charge in [-0.05, 0) is 32.9 Å². The van der Waals surface area contributed by atoms with Crippen molar-refractivity contribution in [1.82, 2.24) is 10.2 Å². The van der Waals surface area contributed by atoms with Crippen molar-refractivity contribution in [3.05, 3.63) is 0 Å². The normalized spacial score (nSPS) is 10.2. The van der Waals surface area contributed by atoms with Crippen LogP contribution in [0.1, 0.15) is 46.5 Å². The Bertz CT molecular complexity index is 184. The molecule has 0 aromatic carbocycles. The van der Waals surface area contributed by atoms with Crippen molar-refractivity contribution in [3.8, 4) is 0 Å². The highest BCUT2D eigenvalue weighted by Gasteiger charge is 2.14. The lowest BCUT2D eigenvalue weighted by Crippen LogP contribution is -2.35. The molecule has 0 aliphatic heterocycles. The first-order valence-corrected chi connectivity index (χ1v) is 6.61. The van der Waals surface area contributed by atoms with Gasteiger partial charge in [0.1, 0.15) is 0 Å². The highest BCUT2D eigenvalue weighted by atomic mass is 35.5. The summed E-state index contributed by atoms with van der Waals surface area (Å²) in [7, 11) is 1.92. The van der Waals surface area contributed by atoms with Crippen LogP contribution >= 0.6 is 12.4 Å². The summed E-state index contributed by atoms with van der Waals surface area (Å²) in [6.07, 6.45) is 3.94. The van der Waals surface area contributed by atoms with Crippen LogP contribution in [0, 0.1) is 5.92 Å². The molecule has 4 heteroatoms. The second-order valence-corrected chi connectivity index (χ2v) is 4.32. The van der Waals surface area contributed by atoms with E-state index in [2.05, 4.69) is 26.1 Å². The van der Waals surface area contributed by atoms with Gasteiger partial charge in [-0.1, -0.05) is 26.7 Å². The van der Waals surface area contributed by atoms with Crippen molar-refractivity contribution >= 4 is 18.3 Å². The quantitative estimate of drug-likeness (QED) is 0.650. The predicted molar refractivity (Wildman–Crippen MR) is 76.7 cm³/mol. The number of rotatable bonds is 9. The second kappa shape index (κ2) is 12.2. The highest BCUT2D eigenvalue weighted by molar-refractivity contribution is 5.85. The van der Waals surface area contributed by atoms with Crippen molar-refractivity contribution in [2.45, 2.75) is 46.5 Å². The van der Waals surface area contributed by atoms with E-state index < -0.39 is 0 Å². The molecule has 0 aromatic heterocycles. The second-order valence-electron chi connectivity index (χ2n) is 4.32. The molecule has 0 fully saturated rings. The summed E-state index contributed by atoms with van der Waals surface area (Å²) >= 11 is 0. The Morgan fingerprint density at radius 1 is 1.24 bits per heavy atom. The van der Waals surface area contributed by atoms with Gasteiger partial charge >= 0.3 is 0 Å². The number of nitrogens with zero attached hydrogens (tertiary/aromatic N) is 1. The summed E-state index contributed by atoms with van der Waals surface area (Å²) in [6, 6.07) is 0. The first kappa shape index (κ1) is 19.1. The molecule has 0 bridgehead atoms. The Morgan fingerprint density at radius 3 is 2.24 bits per heavy atom. The van der Waals surface area contributed by atoms with E-state index in [4.69, 9.17) is 0 Å². The maximum absolute atomic E-state index is 11.9. The van der Waals surface area contributed by atoms with Gasteiger partial charge in [0.25, 0.3) is 0 Å².